The van der Waals surface area contributed by atoms with E-state index >= 15 is 0 Å². The van der Waals surface area contributed by atoms with E-state index in [2.05, 4.69) is 5.32 Å². The summed E-state index contributed by atoms with van der Waals surface area (Å²) in [7, 11) is -0.525. The van der Waals surface area contributed by atoms with Crippen molar-refractivity contribution in [2.75, 3.05) is 26.1 Å². The number of anilines is 1. The summed E-state index contributed by atoms with van der Waals surface area (Å²) in [6.45, 7) is 2.48. The summed E-state index contributed by atoms with van der Waals surface area (Å²) in [5.74, 6) is 0.616. The van der Waals surface area contributed by atoms with Gasteiger partial charge in [-0.05, 0) is 56.2 Å². The van der Waals surface area contributed by atoms with Gasteiger partial charge in [0, 0.05) is 24.3 Å². The third-order valence-corrected chi connectivity index (χ3v) is 7.14. The number of nitrogens with one attached hydrogen (secondary N) is 1. The molecule has 2 aromatic carbocycles. The predicted octanol–water partition coefficient (Wildman–Crippen LogP) is 3.52. The fourth-order valence-corrected chi connectivity index (χ4v) is 5.16. The fourth-order valence-electron chi connectivity index (χ4n) is 3.46. The molecule has 0 unspecified atom stereocenters. The average Bonchev–Trinajstić information content (AvgIpc) is 2.73. The van der Waals surface area contributed by atoms with E-state index in [1.165, 1.54) is 26.4 Å². The zero-order valence-electron chi connectivity index (χ0n) is 16.8. The summed E-state index contributed by atoms with van der Waals surface area (Å²) in [6, 6.07) is 11.1. The molecular weight excluding hydrogens is 392 g/mol. The molecule has 0 radical (unpaired) electrons. The molecule has 1 amide bonds. The zero-order chi connectivity index (χ0) is 21.0. The number of carbonyl (C=O) groups is 1. The molecule has 1 aliphatic heterocycles. The van der Waals surface area contributed by atoms with Gasteiger partial charge in [-0.15, -0.1) is 0 Å². The lowest BCUT2D eigenvalue weighted by molar-refractivity contribution is 0.102. The first-order valence-corrected chi connectivity index (χ1v) is 11.0. The molecule has 1 atom stereocenters. The van der Waals surface area contributed by atoms with Crippen molar-refractivity contribution in [3.8, 4) is 11.5 Å². The minimum Gasteiger partial charge on any atom is -0.497 e. The molecular formula is C21H26N2O5S. The molecule has 156 valence electrons. The van der Waals surface area contributed by atoms with Gasteiger partial charge in [0.05, 0.1) is 24.7 Å². The molecule has 1 fully saturated rings. The second-order valence-electron chi connectivity index (χ2n) is 7.01. The van der Waals surface area contributed by atoms with Crippen LogP contribution in [-0.4, -0.2) is 45.4 Å². The monoisotopic (exact) mass is 418 g/mol. The van der Waals surface area contributed by atoms with E-state index in [1.54, 1.807) is 34.6 Å². The number of hydrogen-bond donors (Lipinski definition) is 1. The topological polar surface area (TPSA) is 84.9 Å². The molecule has 7 nitrogen and oxygen atoms in total. The summed E-state index contributed by atoms with van der Waals surface area (Å²) < 4.78 is 37.8. The molecule has 8 heteroatoms. The third kappa shape index (κ3) is 4.54. The van der Waals surface area contributed by atoms with Crippen molar-refractivity contribution >= 4 is 21.6 Å². The Bertz CT molecular complexity index is 973. The van der Waals surface area contributed by atoms with Crippen LogP contribution in [-0.2, 0) is 10.0 Å². The highest BCUT2D eigenvalue weighted by Gasteiger charge is 2.30. The van der Waals surface area contributed by atoms with Crippen LogP contribution < -0.4 is 14.8 Å². The van der Waals surface area contributed by atoms with E-state index in [1.807, 2.05) is 6.92 Å². The second kappa shape index (κ2) is 8.84. The molecule has 29 heavy (non-hydrogen) atoms. The molecule has 0 spiro atoms. The van der Waals surface area contributed by atoms with Gasteiger partial charge < -0.3 is 14.8 Å². The van der Waals surface area contributed by atoms with Gasteiger partial charge >= 0.3 is 0 Å². The maximum Gasteiger partial charge on any atom is 0.259 e. The maximum atomic E-state index is 12.9. The Labute approximate surface area is 171 Å². The van der Waals surface area contributed by atoms with Gasteiger partial charge in [-0.1, -0.05) is 6.42 Å². The van der Waals surface area contributed by atoms with Crippen LogP contribution in [0.2, 0.25) is 0 Å². The van der Waals surface area contributed by atoms with Gasteiger partial charge in [0.2, 0.25) is 10.0 Å². The Kier molecular flexibility index (Phi) is 6.44. The van der Waals surface area contributed by atoms with Gasteiger partial charge in [-0.2, -0.15) is 4.31 Å². The normalized spacial score (nSPS) is 17.6. The number of rotatable bonds is 6. The fraction of sp³-hybridized carbons (Fsp3) is 0.381. The minimum atomic E-state index is -3.54. The van der Waals surface area contributed by atoms with Crippen molar-refractivity contribution < 1.29 is 22.7 Å². The van der Waals surface area contributed by atoms with Gasteiger partial charge in [-0.25, -0.2) is 8.42 Å². The van der Waals surface area contributed by atoms with Gasteiger partial charge in [0.25, 0.3) is 5.91 Å². The highest BCUT2D eigenvalue weighted by Crippen LogP contribution is 2.27. The molecule has 3 rings (SSSR count). The zero-order valence-corrected chi connectivity index (χ0v) is 17.7. The van der Waals surface area contributed by atoms with Gasteiger partial charge in [0.15, 0.2) is 0 Å². The number of piperidine rings is 1. The number of amides is 1. The van der Waals surface area contributed by atoms with Crippen molar-refractivity contribution in [2.45, 2.75) is 37.1 Å². The largest absolute Gasteiger partial charge is 0.497 e. The highest BCUT2D eigenvalue weighted by molar-refractivity contribution is 7.89. The Balaban J connectivity index is 1.76. The van der Waals surface area contributed by atoms with E-state index < -0.39 is 10.0 Å². The van der Waals surface area contributed by atoms with E-state index in [0.29, 0.717) is 29.3 Å². The van der Waals surface area contributed by atoms with Crippen LogP contribution in [0.15, 0.2) is 47.4 Å². The van der Waals surface area contributed by atoms with Crippen LogP contribution in [0.3, 0.4) is 0 Å². The molecule has 0 saturated carbocycles. The van der Waals surface area contributed by atoms with E-state index in [4.69, 9.17) is 9.47 Å². The SMILES string of the molecule is COc1ccc(C(=O)Nc2ccc(S(=O)(=O)N3CCCC[C@H]3C)cc2)c(OC)c1. The number of carbonyl (C=O) groups excluding carboxylic acids is 1. The summed E-state index contributed by atoms with van der Waals surface area (Å²) in [5.41, 5.74) is 0.852. The molecule has 1 saturated heterocycles. The minimum absolute atomic E-state index is 0.00401. The lowest BCUT2D eigenvalue weighted by Crippen LogP contribution is -2.41. The first kappa shape index (κ1) is 21.1. The lowest BCUT2D eigenvalue weighted by atomic mass is 10.1. The Morgan fingerprint density at radius 3 is 2.41 bits per heavy atom. The molecule has 1 heterocycles. The molecule has 1 N–H and O–H groups in total. The van der Waals surface area contributed by atoms with E-state index in [-0.39, 0.29) is 16.8 Å². The van der Waals surface area contributed by atoms with Crippen LogP contribution in [0.25, 0.3) is 0 Å². The lowest BCUT2D eigenvalue weighted by Gasteiger charge is -2.32. The summed E-state index contributed by atoms with van der Waals surface area (Å²) in [6.07, 6.45) is 2.80. The second-order valence-corrected chi connectivity index (χ2v) is 8.90. The summed E-state index contributed by atoms with van der Waals surface area (Å²) in [5, 5.41) is 2.77. The third-order valence-electron chi connectivity index (χ3n) is 5.11. The smallest absolute Gasteiger partial charge is 0.259 e. The van der Waals surface area contributed by atoms with Crippen LogP contribution in [0.1, 0.15) is 36.5 Å². The van der Waals surface area contributed by atoms with Gasteiger partial charge in [0.1, 0.15) is 11.5 Å². The molecule has 2 aromatic rings. The molecule has 1 aliphatic rings. The average molecular weight is 419 g/mol. The number of benzene rings is 2. The maximum absolute atomic E-state index is 12.9. The number of sulfonamides is 1. The van der Waals surface area contributed by atoms with Crippen LogP contribution in [0, 0.1) is 0 Å². The molecule has 0 bridgehead atoms. The quantitative estimate of drug-likeness (QED) is 0.776. The van der Waals surface area contributed by atoms with E-state index in [0.717, 1.165) is 19.3 Å². The van der Waals surface area contributed by atoms with Crippen LogP contribution >= 0.6 is 0 Å². The standard InChI is InChI=1S/C21H26N2O5S/c1-15-6-4-5-13-23(15)29(25,26)18-10-7-16(8-11-18)22-21(24)19-12-9-17(27-2)14-20(19)28-3/h7-12,14-15H,4-6,13H2,1-3H3,(H,22,24)/t15-/m1/s1. The molecule has 0 aliphatic carbocycles. The van der Waals surface area contributed by atoms with Crippen molar-refractivity contribution in [3.63, 3.8) is 0 Å². The number of hydrogen-bond acceptors (Lipinski definition) is 5. The van der Waals surface area contributed by atoms with Crippen molar-refractivity contribution in [1.82, 2.24) is 4.31 Å². The first-order chi connectivity index (χ1) is 13.9. The Morgan fingerprint density at radius 2 is 1.79 bits per heavy atom. The number of nitrogens with zero attached hydrogens (tertiary/aromatic N) is 1. The van der Waals surface area contributed by atoms with Crippen molar-refractivity contribution in [1.29, 1.82) is 0 Å². The van der Waals surface area contributed by atoms with Crippen LogP contribution in [0.4, 0.5) is 5.69 Å². The number of methoxy groups -OCH3 is 2. The summed E-state index contributed by atoms with van der Waals surface area (Å²) in [4.78, 5) is 12.8. The van der Waals surface area contributed by atoms with Crippen LogP contribution in [0.5, 0.6) is 11.5 Å². The highest BCUT2D eigenvalue weighted by atomic mass is 32.2. The van der Waals surface area contributed by atoms with E-state index in [9.17, 15) is 13.2 Å². The molecule has 0 aromatic heterocycles. The Hall–Kier alpha value is -2.58. The predicted molar refractivity (Wildman–Crippen MR) is 111 cm³/mol. The van der Waals surface area contributed by atoms with Crippen molar-refractivity contribution in [3.05, 3.63) is 48.0 Å². The first-order valence-electron chi connectivity index (χ1n) is 9.52. The Morgan fingerprint density at radius 1 is 1.07 bits per heavy atom. The number of ether oxygens (including phenoxy) is 2. The summed E-state index contributed by atoms with van der Waals surface area (Å²) >= 11 is 0. The van der Waals surface area contributed by atoms with Crippen molar-refractivity contribution in [2.24, 2.45) is 0 Å². The van der Waals surface area contributed by atoms with Gasteiger partial charge in [-0.3, -0.25) is 4.79 Å².